The average molecular weight is 468 g/mol. The van der Waals surface area contributed by atoms with E-state index in [9.17, 15) is 24.3 Å². The largest absolute Gasteiger partial charge is 0.477 e. The fourth-order valence-electron chi connectivity index (χ4n) is 4.06. The second kappa shape index (κ2) is 8.58. The Balaban J connectivity index is 1.74. The molecule has 2 aromatic rings. The van der Waals surface area contributed by atoms with Crippen molar-refractivity contribution >= 4 is 51.5 Å². The molecule has 0 saturated carbocycles. The highest BCUT2D eigenvalue weighted by atomic mass is 32.1. The predicted octanol–water partition coefficient (Wildman–Crippen LogP) is 1.68. The zero-order valence-electron chi connectivity index (χ0n) is 17.9. The highest BCUT2D eigenvalue weighted by molar-refractivity contribution is 7.18. The van der Waals surface area contributed by atoms with Crippen LogP contribution in [0.3, 0.4) is 0 Å². The van der Waals surface area contributed by atoms with Gasteiger partial charge < -0.3 is 15.7 Å². The second-order valence-corrected chi connectivity index (χ2v) is 8.74. The van der Waals surface area contributed by atoms with Gasteiger partial charge in [0.25, 0.3) is 0 Å². The van der Waals surface area contributed by atoms with Crippen LogP contribution >= 0.6 is 11.3 Å². The van der Waals surface area contributed by atoms with E-state index in [1.54, 1.807) is 35.7 Å². The maximum Gasteiger partial charge on any atom is 0.352 e. The third kappa shape index (κ3) is 3.80. The lowest BCUT2D eigenvalue weighted by Gasteiger charge is -2.37. The summed E-state index contributed by atoms with van der Waals surface area (Å²) in [6.07, 6.45) is 9.79. The Morgan fingerprint density at radius 3 is 2.79 bits per heavy atom. The van der Waals surface area contributed by atoms with Crippen molar-refractivity contribution in [3.8, 4) is 0 Å². The van der Waals surface area contributed by atoms with Gasteiger partial charge in [-0.15, -0.1) is 11.3 Å². The number of carboxylic acids is 1. The van der Waals surface area contributed by atoms with E-state index < -0.39 is 17.7 Å². The Hall–Kier alpha value is -3.86. The predicted molar refractivity (Wildman–Crippen MR) is 122 cm³/mol. The molecule has 170 valence electrons. The molecule has 2 amide bonds. The summed E-state index contributed by atoms with van der Waals surface area (Å²) < 4.78 is 1.66. The number of ketones is 1. The fourth-order valence-corrected chi connectivity index (χ4v) is 5.27. The minimum absolute atomic E-state index is 0.00124. The maximum absolute atomic E-state index is 13.2. The van der Waals surface area contributed by atoms with Crippen LogP contribution in [0.2, 0.25) is 0 Å². The number of rotatable bonds is 8. The fraction of sp³-hybridized carbons (Fsp3) is 0.273. The number of carbonyl (C=O) groups excluding carboxylic acids is 3. The summed E-state index contributed by atoms with van der Waals surface area (Å²) in [4.78, 5) is 58.8. The van der Waals surface area contributed by atoms with Gasteiger partial charge in [0, 0.05) is 35.9 Å². The number of hydrogen-bond donors (Lipinski definition) is 2. The zero-order chi connectivity index (χ0) is 23.9. The van der Waals surface area contributed by atoms with E-state index in [0.717, 1.165) is 0 Å². The lowest BCUT2D eigenvalue weighted by atomic mass is 9.90. The molecular formula is C22H21N5O5S. The second-order valence-electron chi connectivity index (χ2n) is 7.71. The summed E-state index contributed by atoms with van der Waals surface area (Å²) >= 11 is 1.24. The molecule has 0 aromatic carbocycles. The van der Waals surface area contributed by atoms with Crippen LogP contribution in [0, 0.1) is 5.92 Å². The first-order valence-electron chi connectivity index (χ1n) is 10.2. The molecule has 0 unspecified atom stereocenters. The van der Waals surface area contributed by atoms with E-state index >= 15 is 0 Å². The van der Waals surface area contributed by atoms with E-state index in [2.05, 4.69) is 9.98 Å². The number of thiazole rings is 1. The molecule has 1 fully saturated rings. The number of carboxylic acid groups (broad SMARTS) is 1. The first-order chi connectivity index (χ1) is 15.7. The first-order valence-corrected chi connectivity index (χ1v) is 11.0. The first kappa shape index (κ1) is 22.3. The number of hydrogen-bond acceptors (Lipinski definition) is 7. The Labute approximate surface area is 192 Å². The highest BCUT2D eigenvalue weighted by Crippen LogP contribution is 2.48. The molecule has 4 heterocycles. The molecule has 11 heteroatoms. The van der Waals surface area contributed by atoms with E-state index in [-0.39, 0.29) is 41.4 Å². The summed E-state index contributed by atoms with van der Waals surface area (Å²) in [5.74, 6) is -2.51. The quantitative estimate of drug-likeness (QED) is 0.198. The molecule has 2 atom stereocenters. The number of allylic oxidation sites excluding steroid dienone is 4. The number of β-lactam (4-membered cyclic amide) rings is 1. The van der Waals surface area contributed by atoms with E-state index in [0.29, 0.717) is 21.7 Å². The number of aromatic nitrogens is 2. The summed E-state index contributed by atoms with van der Waals surface area (Å²) in [5.41, 5.74) is 6.09. The smallest absolute Gasteiger partial charge is 0.352 e. The van der Waals surface area contributed by atoms with Gasteiger partial charge >= 0.3 is 5.97 Å². The molecule has 2 aromatic heterocycles. The van der Waals surface area contributed by atoms with Crippen LogP contribution in [0.1, 0.15) is 35.6 Å². The van der Waals surface area contributed by atoms with Crippen LogP contribution in [-0.2, 0) is 14.4 Å². The lowest BCUT2D eigenvalue weighted by molar-refractivity contribution is -0.148. The van der Waals surface area contributed by atoms with Crippen LogP contribution in [0.5, 0.6) is 0 Å². The van der Waals surface area contributed by atoms with Crippen molar-refractivity contribution in [2.45, 2.75) is 26.3 Å². The normalized spacial score (nSPS) is 20.8. The minimum atomic E-state index is -1.15. The molecule has 4 rings (SSSR count). The molecular weight excluding hydrogens is 446 g/mol. The average Bonchev–Trinajstić information content (AvgIpc) is 3.39. The molecule has 10 nitrogen and oxygen atoms in total. The van der Waals surface area contributed by atoms with Gasteiger partial charge in [-0.1, -0.05) is 19.1 Å². The highest BCUT2D eigenvalue weighted by Gasteiger charge is 2.52. The Morgan fingerprint density at radius 2 is 2.15 bits per heavy atom. The Bertz CT molecular complexity index is 1310. The van der Waals surface area contributed by atoms with Crippen LogP contribution in [0.25, 0.3) is 10.4 Å². The number of imidazole rings is 1. The van der Waals surface area contributed by atoms with Gasteiger partial charge in [-0.25, -0.2) is 9.78 Å². The van der Waals surface area contributed by atoms with Gasteiger partial charge in [0.05, 0.1) is 10.9 Å². The van der Waals surface area contributed by atoms with Crippen LogP contribution in [-0.4, -0.2) is 61.8 Å². The van der Waals surface area contributed by atoms with Crippen molar-refractivity contribution in [2.75, 3.05) is 6.54 Å². The van der Waals surface area contributed by atoms with Crippen molar-refractivity contribution in [3.05, 3.63) is 52.6 Å². The van der Waals surface area contributed by atoms with Crippen molar-refractivity contribution in [3.63, 3.8) is 0 Å². The van der Waals surface area contributed by atoms with Crippen LogP contribution in [0.4, 0.5) is 0 Å². The Kier molecular flexibility index (Phi) is 5.81. The number of aliphatic imine (C=N–C) groups is 1. The Morgan fingerprint density at radius 1 is 1.39 bits per heavy atom. The summed E-state index contributed by atoms with van der Waals surface area (Å²) in [5, 5.41) is 9.77. The number of aliphatic carboxylic acids is 1. The number of carbonyl (C=O) groups is 4. The van der Waals surface area contributed by atoms with Gasteiger partial charge in [0.1, 0.15) is 29.1 Å². The van der Waals surface area contributed by atoms with Gasteiger partial charge in [0.2, 0.25) is 17.6 Å². The van der Waals surface area contributed by atoms with Gasteiger partial charge in [-0.3, -0.25) is 23.8 Å². The topological polar surface area (TPSA) is 147 Å². The third-order valence-electron chi connectivity index (χ3n) is 5.61. The van der Waals surface area contributed by atoms with E-state index in [1.807, 2.05) is 6.92 Å². The number of fused-ring (bicyclic) bond motifs is 2. The maximum atomic E-state index is 13.2. The molecule has 0 bridgehead atoms. The van der Waals surface area contributed by atoms with Crippen molar-refractivity contribution < 1.29 is 24.3 Å². The summed E-state index contributed by atoms with van der Waals surface area (Å²) in [6.45, 7) is 3.45. The van der Waals surface area contributed by atoms with Crippen molar-refractivity contribution in [2.24, 2.45) is 16.6 Å². The van der Waals surface area contributed by atoms with Crippen molar-refractivity contribution in [1.82, 2.24) is 14.3 Å². The minimum Gasteiger partial charge on any atom is -0.477 e. The number of Topliss-reactive ketones (excluding diaryl/α,β-unsaturated/α-hetero) is 1. The van der Waals surface area contributed by atoms with Crippen LogP contribution in [0.15, 0.2) is 47.0 Å². The van der Waals surface area contributed by atoms with Gasteiger partial charge in [-0.2, -0.15) is 0 Å². The summed E-state index contributed by atoms with van der Waals surface area (Å²) in [7, 11) is 0. The van der Waals surface area contributed by atoms with Crippen molar-refractivity contribution in [1.29, 1.82) is 0 Å². The molecule has 2 aliphatic rings. The number of primary amides is 1. The SMILES string of the molecule is C/C=C\C=C(/C=NCC(N)=O)C(=O)c1ncn2cc(C3=C(C(=O)O)N4C(=O)C[C@H]4[C@H]3C)sc12. The molecule has 2 aliphatic heterocycles. The summed E-state index contributed by atoms with van der Waals surface area (Å²) in [6, 6.07) is -0.156. The lowest BCUT2D eigenvalue weighted by Crippen LogP contribution is -2.51. The molecule has 0 radical (unpaired) electrons. The molecule has 3 N–H and O–H groups in total. The van der Waals surface area contributed by atoms with Gasteiger partial charge in [-0.05, 0) is 13.0 Å². The zero-order valence-corrected chi connectivity index (χ0v) is 18.7. The number of amides is 2. The number of nitrogens with two attached hydrogens (primary N) is 1. The monoisotopic (exact) mass is 467 g/mol. The van der Waals surface area contributed by atoms with Crippen LogP contribution < -0.4 is 5.73 Å². The van der Waals surface area contributed by atoms with Gasteiger partial charge in [0.15, 0.2) is 0 Å². The third-order valence-corrected chi connectivity index (χ3v) is 6.76. The molecule has 33 heavy (non-hydrogen) atoms. The van der Waals surface area contributed by atoms with E-state index in [4.69, 9.17) is 5.73 Å². The molecule has 1 saturated heterocycles. The number of nitrogens with zero attached hydrogens (tertiary/aromatic N) is 4. The standard InChI is InChI=1S/C22H21N5O5S/c1-3-4-5-12(7-24-8-15(23)28)20(30)18-21-26(10-25-18)9-14(33-21)17-11(2)13-6-16(29)27(13)19(17)22(31)32/h3-5,7,9-11,13H,6,8H2,1-2H3,(H2,23,28)(H,31,32)/b4-3-,12-5+,24-7?/t11-,13+/m1/s1. The molecule has 0 aliphatic carbocycles. The van der Waals surface area contributed by atoms with E-state index in [1.165, 1.54) is 28.8 Å². The molecule has 0 spiro atoms.